The van der Waals surface area contributed by atoms with Crippen LogP contribution < -0.4 is 15.1 Å². The number of fused-ring (bicyclic) bond motifs is 1. The number of alkyl halides is 5. The lowest BCUT2D eigenvalue weighted by Gasteiger charge is -2.16. The number of carbonyl (C=O) groups is 1. The molecule has 38 heavy (non-hydrogen) atoms. The zero-order chi connectivity index (χ0) is 27.9. The van der Waals surface area contributed by atoms with Crippen LogP contribution in [0.25, 0.3) is 22.1 Å². The molecule has 0 aliphatic rings. The number of esters is 1. The van der Waals surface area contributed by atoms with E-state index in [9.17, 15) is 31.5 Å². The number of hydrogen-bond acceptors (Lipinski definition) is 6. The summed E-state index contributed by atoms with van der Waals surface area (Å²) in [5.41, 5.74) is -2.59. The van der Waals surface area contributed by atoms with Crippen molar-refractivity contribution in [1.82, 2.24) is 0 Å². The third-order valence-electron chi connectivity index (χ3n) is 5.58. The van der Waals surface area contributed by atoms with Gasteiger partial charge in [0.1, 0.15) is 17.1 Å². The van der Waals surface area contributed by atoms with E-state index < -0.39 is 42.1 Å². The van der Waals surface area contributed by atoms with Crippen LogP contribution in [0.4, 0.5) is 22.0 Å². The van der Waals surface area contributed by atoms with Crippen molar-refractivity contribution in [3.05, 3.63) is 71.1 Å². The molecule has 0 aliphatic heterocycles. The molecule has 0 fully saturated rings. The number of carbonyl (C=O) groups excluding carboxylic acids is 1. The minimum atomic E-state index is -4.74. The fourth-order valence-electron chi connectivity index (χ4n) is 3.70. The first kappa shape index (κ1) is 28.7. The number of hydrogen-bond donors (Lipinski definition) is 0. The first-order valence-corrected chi connectivity index (χ1v) is 11.6. The first-order valence-electron chi connectivity index (χ1n) is 11.6. The van der Waals surface area contributed by atoms with Crippen LogP contribution in [0, 0.1) is 0 Å². The number of rotatable bonds is 12. The van der Waals surface area contributed by atoms with Crippen molar-refractivity contribution in [1.29, 1.82) is 0 Å². The predicted molar refractivity (Wildman–Crippen MR) is 130 cm³/mol. The third-order valence-corrected chi connectivity index (χ3v) is 5.58. The van der Waals surface area contributed by atoms with Crippen molar-refractivity contribution < 1.29 is 45.4 Å². The van der Waals surface area contributed by atoms with Crippen molar-refractivity contribution in [2.24, 2.45) is 0 Å². The number of ether oxygens (including phenoxy) is 3. The van der Waals surface area contributed by atoms with Crippen molar-refractivity contribution in [3.63, 3.8) is 0 Å². The molecule has 11 heteroatoms. The van der Waals surface area contributed by atoms with Crippen LogP contribution in [0.2, 0.25) is 0 Å². The molecule has 1 aromatic heterocycles. The van der Waals surface area contributed by atoms with Gasteiger partial charge in [-0.3, -0.25) is 0 Å². The van der Waals surface area contributed by atoms with E-state index in [4.69, 9.17) is 13.9 Å². The third kappa shape index (κ3) is 7.56. The van der Waals surface area contributed by atoms with Gasteiger partial charge in [0.15, 0.2) is 0 Å². The van der Waals surface area contributed by atoms with E-state index >= 15 is 0 Å². The van der Waals surface area contributed by atoms with Gasteiger partial charge in [-0.05, 0) is 49.2 Å². The Bertz CT molecular complexity index is 1350. The van der Waals surface area contributed by atoms with Crippen LogP contribution in [0.3, 0.4) is 0 Å². The van der Waals surface area contributed by atoms with Crippen molar-refractivity contribution in [3.8, 4) is 22.6 Å². The lowest BCUT2D eigenvalue weighted by Crippen LogP contribution is -2.18. The Morgan fingerprint density at radius 3 is 2.29 bits per heavy atom. The second-order valence-electron chi connectivity index (χ2n) is 8.34. The van der Waals surface area contributed by atoms with Crippen LogP contribution in [-0.4, -0.2) is 32.2 Å². The lowest BCUT2D eigenvalue weighted by molar-refractivity contribution is -0.138. The van der Waals surface area contributed by atoms with Crippen LogP contribution in [0.15, 0.2) is 64.3 Å². The molecule has 3 rings (SSSR count). The molecule has 0 saturated carbocycles. The monoisotopic (exact) mass is 540 g/mol. The molecule has 0 saturated heterocycles. The Kier molecular flexibility index (Phi) is 9.13. The van der Waals surface area contributed by atoms with Gasteiger partial charge in [-0.1, -0.05) is 6.58 Å². The van der Waals surface area contributed by atoms with Crippen molar-refractivity contribution in [2.45, 2.75) is 37.8 Å². The second-order valence-corrected chi connectivity index (χ2v) is 8.34. The maximum Gasteiger partial charge on any atom is 0.417 e. The average molecular weight is 540 g/mol. The van der Waals surface area contributed by atoms with Gasteiger partial charge < -0.3 is 18.6 Å². The quantitative estimate of drug-likeness (QED) is 0.0828. The smallest absolute Gasteiger partial charge is 0.417 e. The average Bonchev–Trinajstić information content (AvgIpc) is 2.87. The van der Waals surface area contributed by atoms with Gasteiger partial charge in [0.25, 0.3) is 0 Å². The van der Waals surface area contributed by atoms with E-state index in [0.29, 0.717) is 5.39 Å². The summed E-state index contributed by atoms with van der Waals surface area (Å²) in [6.07, 6.45) is -4.66. The molecule has 0 amide bonds. The Hall–Kier alpha value is -3.89. The first-order chi connectivity index (χ1) is 17.9. The molecular weight excluding hydrogens is 515 g/mol. The largest absolute Gasteiger partial charge is 0.497 e. The highest BCUT2D eigenvalue weighted by Gasteiger charge is 2.35. The number of methoxy groups -OCH3 is 1. The lowest BCUT2D eigenvalue weighted by atomic mass is 9.99. The summed E-state index contributed by atoms with van der Waals surface area (Å²) in [5, 5.41) is 0.347. The minimum absolute atomic E-state index is 0.000121. The summed E-state index contributed by atoms with van der Waals surface area (Å²) in [6, 6.07) is 8.90. The Morgan fingerprint density at radius 1 is 0.947 bits per heavy atom. The highest BCUT2D eigenvalue weighted by Crippen LogP contribution is 2.39. The molecule has 0 aliphatic carbocycles. The van der Waals surface area contributed by atoms with E-state index in [-0.39, 0.29) is 54.3 Å². The van der Waals surface area contributed by atoms with E-state index in [0.717, 1.165) is 18.2 Å². The highest BCUT2D eigenvalue weighted by atomic mass is 19.4. The molecule has 2 aromatic carbocycles. The predicted octanol–water partition coefficient (Wildman–Crippen LogP) is 6.79. The molecule has 0 N–H and O–H groups in total. The van der Waals surface area contributed by atoms with Gasteiger partial charge in [-0.25, -0.2) is 18.4 Å². The fraction of sp³-hybridized carbons (Fsp3) is 0.333. The summed E-state index contributed by atoms with van der Waals surface area (Å²) >= 11 is 0. The zero-order valence-electron chi connectivity index (χ0n) is 20.4. The molecule has 204 valence electrons. The molecule has 1 heterocycles. The van der Waals surface area contributed by atoms with Crippen molar-refractivity contribution >= 4 is 16.9 Å². The van der Waals surface area contributed by atoms with Gasteiger partial charge in [-0.2, -0.15) is 13.2 Å². The van der Waals surface area contributed by atoms with E-state index in [1.807, 2.05) is 0 Å². The van der Waals surface area contributed by atoms with Crippen LogP contribution >= 0.6 is 0 Å². The summed E-state index contributed by atoms with van der Waals surface area (Å²) < 4.78 is 89.1. The van der Waals surface area contributed by atoms with Gasteiger partial charge in [-0.15, -0.1) is 0 Å². The van der Waals surface area contributed by atoms with Crippen LogP contribution in [0.1, 0.15) is 31.2 Å². The van der Waals surface area contributed by atoms with Crippen LogP contribution in [0.5, 0.6) is 11.5 Å². The Balaban J connectivity index is 1.66. The summed E-state index contributed by atoms with van der Waals surface area (Å²) in [7, 11) is 1.23. The number of benzene rings is 2. The summed E-state index contributed by atoms with van der Waals surface area (Å²) in [4.78, 5) is 23.5. The van der Waals surface area contributed by atoms with Gasteiger partial charge in [0.2, 0.25) is 5.92 Å². The molecule has 0 unspecified atom stereocenters. The van der Waals surface area contributed by atoms with Crippen molar-refractivity contribution in [2.75, 3.05) is 20.3 Å². The van der Waals surface area contributed by atoms with Gasteiger partial charge in [0.05, 0.1) is 31.5 Å². The summed E-state index contributed by atoms with van der Waals surface area (Å²) in [6.45, 7) is 3.04. The standard InChI is InChI=1S/C27H25F5O6/c1-3-24(33)37-13-5-11-26(28,29)10-4-12-36-19-7-6-17-14-21(25(34)38-23(17)16-19)20-9-8-18(35-2)15-22(20)27(30,31)32/h3,6-9,14-16H,1,4-5,10-13H2,2H3. The molecule has 0 atom stereocenters. The van der Waals surface area contributed by atoms with Gasteiger partial charge in [0, 0.05) is 35.9 Å². The fourth-order valence-corrected chi connectivity index (χ4v) is 3.70. The zero-order valence-corrected chi connectivity index (χ0v) is 20.4. The molecule has 3 aromatic rings. The minimum Gasteiger partial charge on any atom is -0.497 e. The topological polar surface area (TPSA) is 75.0 Å². The van der Waals surface area contributed by atoms with E-state index in [2.05, 4.69) is 11.3 Å². The molecule has 0 radical (unpaired) electrons. The highest BCUT2D eigenvalue weighted by molar-refractivity contribution is 5.83. The molecule has 6 nitrogen and oxygen atoms in total. The van der Waals surface area contributed by atoms with Crippen LogP contribution in [-0.2, 0) is 15.7 Å². The van der Waals surface area contributed by atoms with E-state index in [1.165, 1.54) is 37.4 Å². The van der Waals surface area contributed by atoms with Gasteiger partial charge >= 0.3 is 17.8 Å². The SMILES string of the molecule is C=CC(=O)OCCCC(F)(F)CCCOc1ccc2cc(-c3ccc(OC)cc3C(F)(F)F)c(=O)oc2c1. The molecule has 0 spiro atoms. The maximum absolute atomic E-state index is 14.0. The molecular formula is C27H25F5O6. The second kappa shape index (κ2) is 12.1. The Labute approximate surface area is 214 Å². The number of halogens is 5. The Morgan fingerprint density at radius 2 is 1.63 bits per heavy atom. The normalized spacial score (nSPS) is 11.8. The summed E-state index contributed by atoms with van der Waals surface area (Å²) in [5.74, 6) is -3.41. The molecule has 0 bridgehead atoms. The maximum atomic E-state index is 14.0. The van der Waals surface area contributed by atoms with E-state index in [1.54, 1.807) is 0 Å².